The average Bonchev–Trinajstić information content (AvgIpc) is 2.42. The third-order valence-corrected chi connectivity index (χ3v) is 3.87. The zero-order chi connectivity index (χ0) is 14.7. The quantitative estimate of drug-likeness (QED) is 0.844. The molecule has 0 spiro atoms. The van der Waals surface area contributed by atoms with E-state index in [0.717, 1.165) is 29.8 Å². The maximum absolute atomic E-state index is 12.5. The largest absolute Gasteiger partial charge is 0.308 e. The molecule has 0 N–H and O–H groups in total. The summed E-state index contributed by atoms with van der Waals surface area (Å²) in [6, 6.07) is 10.3. The summed E-state index contributed by atoms with van der Waals surface area (Å²) >= 11 is 4.24. The number of hydrogen-bond donors (Lipinski definition) is 1. The lowest BCUT2D eigenvalue weighted by Gasteiger charge is -2.15. The minimum atomic E-state index is 0.0827. The monoisotopic (exact) mass is 287 g/mol. The predicted molar refractivity (Wildman–Crippen MR) is 88.6 cm³/mol. The molecule has 2 rings (SSSR count). The van der Waals surface area contributed by atoms with Gasteiger partial charge in [0.1, 0.15) is 0 Å². The van der Waals surface area contributed by atoms with Crippen LogP contribution in [0.2, 0.25) is 0 Å². The van der Waals surface area contributed by atoms with E-state index < -0.39 is 0 Å². The second-order valence-electron chi connectivity index (χ2n) is 5.18. The number of aromatic nitrogens is 1. The maximum atomic E-state index is 12.5. The van der Waals surface area contributed by atoms with Crippen LogP contribution in [0, 0.1) is 13.8 Å². The summed E-state index contributed by atoms with van der Waals surface area (Å²) in [4.78, 5) is 12.5. The number of benzene rings is 1. The maximum Gasteiger partial charge on any atom is 0.255 e. The molecule has 0 fully saturated rings. The molecule has 2 aromatic rings. The highest BCUT2D eigenvalue weighted by atomic mass is 32.1. The summed E-state index contributed by atoms with van der Waals surface area (Å²) in [5.74, 6) is 0.482. The molecule has 1 heterocycles. The highest BCUT2D eigenvalue weighted by Crippen LogP contribution is 2.24. The van der Waals surface area contributed by atoms with Gasteiger partial charge in [-0.05, 0) is 31.9 Å². The van der Waals surface area contributed by atoms with E-state index in [9.17, 15) is 4.79 Å². The first-order chi connectivity index (χ1) is 9.58. The van der Waals surface area contributed by atoms with Crippen LogP contribution in [0.1, 0.15) is 30.0 Å². The molecule has 0 unspecified atom stereocenters. The second kappa shape index (κ2) is 6.31. The van der Waals surface area contributed by atoms with Crippen molar-refractivity contribution >= 4 is 12.6 Å². The van der Waals surface area contributed by atoms with Gasteiger partial charge in [-0.15, -0.1) is 0 Å². The van der Waals surface area contributed by atoms with Crippen molar-refractivity contribution in [3.05, 3.63) is 57.4 Å². The van der Waals surface area contributed by atoms with E-state index >= 15 is 0 Å². The third-order valence-electron chi connectivity index (χ3n) is 3.53. The molecule has 2 nitrogen and oxygen atoms in total. The number of thiol groups is 1. The molecule has 0 aliphatic heterocycles. The number of aryl methyl sites for hydroxylation is 2. The molecule has 0 saturated carbocycles. The molecule has 0 bridgehead atoms. The van der Waals surface area contributed by atoms with Gasteiger partial charge in [0, 0.05) is 23.4 Å². The van der Waals surface area contributed by atoms with E-state index in [1.807, 2.05) is 16.7 Å². The van der Waals surface area contributed by atoms with Gasteiger partial charge in [-0.25, -0.2) is 0 Å². The Morgan fingerprint density at radius 1 is 1.15 bits per heavy atom. The van der Waals surface area contributed by atoms with E-state index in [1.54, 1.807) is 0 Å². The topological polar surface area (TPSA) is 22.0 Å². The van der Waals surface area contributed by atoms with Crippen LogP contribution in [0.15, 0.2) is 35.1 Å². The van der Waals surface area contributed by atoms with Gasteiger partial charge >= 0.3 is 0 Å². The minimum absolute atomic E-state index is 0.0827. The molecule has 0 aliphatic rings. The van der Waals surface area contributed by atoms with Crippen LogP contribution >= 0.6 is 12.6 Å². The van der Waals surface area contributed by atoms with Crippen LogP contribution in [-0.2, 0) is 12.3 Å². The van der Waals surface area contributed by atoms with Gasteiger partial charge in [-0.1, -0.05) is 36.8 Å². The lowest BCUT2D eigenvalue weighted by Crippen LogP contribution is -2.24. The Kier molecular flexibility index (Phi) is 4.71. The molecule has 0 saturated heterocycles. The molecule has 0 radical (unpaired) electrons. The van der Waals surface area contributed by atoms with Gasteiger partial charge in [0.05, 0.1) is 5.69 Å². The van der Waals surface area contributed by atoms with Crippen LogP contribution in [0.3, 0.4) is 0 Å². The zero-order valence-corrected chi connectivity index (χ0v) is 13.2. The Hall–Kier alpha value is -1.48. The van der Waals surface area contributed by atoms with Crippen LogP contribution in [0.4, 0.5) is 0 Å². The highest BCUT2D eigenvalue weighted by molar-refractivity contribution is 7.79. The van der Waals surface area contributed by atoms with Gasteiger partial charge in [0.2, 0.25) is 0 Å². The fraction of sp³-hybridized carbons (Fsp3) is 0.353. The summed E-state index contributed by atoms with van der Waals surface area (Å²) in [7, 11) is 0. The first kappa shape index (κ1) is 14.9. The second-order valence-corrected chi connectivity index (χ2v) is 5.49. The summed E-state index contributed by atoms with van der Waals surface area (Å²) in [6.45, 7) is 7.00. The van der Waals surface area contributed by atoms with E-state index in [4.69, 9.17) is 0 Å². The van der Waals surface area contributed by atoms with E-state index in [0.29, 0.717) is 5.75 Å². The Morgan fingerprint density at radius 3 is 2.50 bits per heavy atom. The zero-order valence-electron chi connectivity index (χ0n) is 12.3. The Morgan fingerprint density at radius 2 is 1.90 bits per heavy atom. The number of nitrogens with zero attached hydrogens (tertiary/aromatic N) is 1. The van der Waals surface area contributed by atoms with Crippen molar-refractivity contribution in [3.63, 3.8) is 0 Å². The van der Waals surface area contributed by atoms with Crippen molar-refractivity contribution < 1.29 is 0 Å². The fourth-order valence-corrected chi connectivity index (χ4v) is 2.77. The Balaban J connectivity index is 2.67. The Labute approximate surface area is 125 Å². The standard InChI is InChI=1S/C17H21NOS/c1-4-9-18-16(8-6-14(11-20)17(18)19)15-7-5-12(2)10-13(15)3/h5-8,10,20H,4,9,11H2,1-3H3. The lowest BCUT2D eigenvalue weighted by molar-refractivity contribution is 0.656. The number of rotatable bonds is 4. The van der Waals surface area contributed by atoms with Gasteiger partial charge in [-0.3, -0.25) is 4.79 Å². The van der Waals surface area contributed by atoms with E-state index in [1.165, 1.54) is 11.1 Å². The van der Waals surface area contributed by atoms with Crippen molar-refractivity contribution in [2.24, 2.45) is 0 Å². The third kappa shape index (κ3) is 2.83. The van der Waals surface area contributed by atoms with E-state index in [-0.39, 0.29) is 5.56 Å². The van der Waals surface area contributed by atoms with E-state index in [2.05, 4.69) is 51.6 Å². The summed E-state index contributed by atoms with van der Waals surface area (Å²) < 4.78 is 1.88. The average molecular weight is 287 g/mol. The molecule has 1 aromatic carbocycles. The van der Waals surface area contributed by atoms with Crippen molar-refractivity contribution in [2.75, 3.05) is 0 Å². The van der Waals surface area contributed by atoms with Crippen molar-refractivity contribution in [1.82, 2.24) is 4.57 Å². The summed E-state index contributed by atoms with van der Waals surface area (Å²) in [6.07, 6.45) is 0.938. The molecule has 0 atom stereocenters. The number of hydrogen-bond acceptors (Lipinski definition) is 2. The molecule has 106 valence electrons. The first-order valence-electron chi connectivity index (χ1n) is 6.99. The van der Waals surface area contributed by atoms with Crippen molar-refractivity contribution in [3.8, 4) is 11.3 Å². The van der Waals surface area contributed by atoms with Crippen LogP contribution < -0.4 is 5.56 Å². The molecule has 1 aromatic heterocycles. The summed E-state index contributed by atoms with van der Waals surface area (Å²) in [5.41, 5.74) is 5.41. The molecular formula is C17H21NOS. The van der Waals surface area contributed by atoms with Gasteiger partial charge in [-0.2, -0.15) is 12.6 Å². The highest BCUT2D eigenvalue weighted by Gasteiger charge is 2.11. The summed E-state index contributed by atoms with van der Waals surface area (Å²) in [5, 5.41) is 0. The van der Waals surface area contributed by atoms with Gasteiger partial charge in [0.15, 0.2) is 0 Å². The van der Waals surface area contributed by atoms with Crippen LogP contribution in [0.5, 0.6) is 0 Å². The lowest BCUT2D eigenvalue weighted by atomic mass is 10.0. The van der Waals surface area contributed by atoms with Gasteiger partial charge < -0.3 is 4.57 Å². The smallest absolute Gasteiger partial charge is 0.255 e. The Bertz CT molecular complexity index is 673. The molecule has 20 heavy (non-hydrogen) atoms. The normalized spacial score (nSPS) is 10.8. The molecular weight excluding hydrogens is 266 g/mol. The predicted octanol–water partition coefficient (Wildman–Crippen LogP) is 3.97. The van der Waals surface area contributed by atoms with Crippen LogP contribution in [-0.4, -0.2) is 4.57 Å². The van der Waals surface area contributed by atoms with Crippen molar-refractivity contribution in [2.45, 2.75) is 39.5 Å². The fourth-order valence-electron chi connectivity index (χ4n) is 2.53. The SMILES string of the molecule is CCCn1c(-c2ccc(C)cc2C)ccc(CS)c1=O. The minimum Gasteiger partial charge on any atom is -0.308 e. The van der Waals surface area contributed by atoms with Crippen molar-refractivity contribution in [1.29, 1.82) is 0 Å². The van der Waals surface area contributed by atoms with Crippen LogP contribution in [0.25, 0.3) is 11.3 Å². The molecule has 0 aliphatic carbocycles. The molecule has 3 heteroatoms. The number of pyridine rings is 1. The molecule has 0 amide bonds. The van der Waals surface area contributed by atoms with Gasteiger partial charge in [0.25, 0.3) is 5.56 Å². The first-order valence-corrected chi connectivity index (χ1v) is 7.63.